The molecule has 1 fully saturated rings. The summed E-state index contributed by atoms with van der Waals surface area (Å²) >= 11 is 0. The maximum absolute atomic E-state index is 12.7. The average Bonchev–Trinajstić information content (AvgIpc) is 2.78. The first-order valence-electron chi connectivity index (χ1n) is 10.3. The van der Waals surface area contributed by atoms with Gasteiger partial charge in [0.25, 0.3) is 5.91 Å². The number of nitrogens with one attached hydrogen (secondary N) is 1. The van der Waals surface area contributed by atoms with E-state index in [1.54, 1.807) is 19.3 Å². The molecular formula is C23H26F3N3O3. The van der Waals surface area contributed by atoms with Crippen molar-refractivity contribution in [3.63, 3.8) is 0 Å². The van der Waals surface area contributed by atoms with Crippen molar-refractivity contribution in [2.75, 3.05) is 31.7 Å². The largest absolute Gasteiger partial charge is 0.493 e. The fourth-order valence-electron chi connectivity index (χ4n) is 3.53. The van der Waals surface area contributed by atoms with Gasteiger partial charge in [0.05, 0.1) is 12.7 Å². The lowest BCUT2D eigenvalue weighted by atomic mass is 10.0. The molecule has 32 heavy (non-hydrogen) atoms. The zero-order valence-electron chi connectivity index (χ0n) is 17.8. The Kier molecular flexibility index (Phi) is 7.61. The Morgan fingerprint density at radius 1 is 1.25 bits per heavy atom. The first-order chi connectivity index (χ1) is 15.3. The third kappa shape index (κ3) is 6.15. The van der Waals surface area contributed by atoms with Gasteiger partial charge in [0.15, 0.2) is 18.1 Å². The number of ether oxygens (including phenoxy) is 2. The number of nitrogens with zero attached hydrogens (tertiary/aromatic N) is 2. The van der Waals surface area contributed by atoms with E-state index in [0.29, 0.717) is 49.7 Å². The Balaban J connectivity index is 1.46. The molecule has 6 nitrogen and oxygen atoms in total. The quantitative estimate of drug-likeness (QED) is 0.618. The Labute approximate surface area is 185 Å². The number of halogens is 3. The number of rotatable bonds is 8. The van der Waals surface area contributed by atoms with Gasteiger partial charge in [-0.3, -0.25) is 4.79 Å². The van der Waals surface area contributed by atoms with Gasteiger partial charge in [-0.15, -0.1) is 6.58 Å². The number of amides is 1. The maximum atomic E-state index is 12.7. The molecule has 1 aliphatic heterocycles. The predicted molar refractivity (Wildman–Crippen MR) is 115 cm³/mol. The van der Waals surface area contributed by atoms with Gasteiger partial charge in [0, 0.05) is 25.3 Å². The van der Waals surface area contributed by atoms with Crippen LogP contribution in [0.15, 0.2) is 49.2 Å². The minimum atomic E-state index is -4.40. The predicted octanol–water partition coefficient (Wildman–Crippen LogP) is 4.00. The van der Waals surface area contributed by atoms with Gasteiger partial charge >= 0.3 is 6.18 Å². The van der Waals surface area contributed by atoms with Crippen LogP contribution in [0.1, 0.15) is 24.0 Å². The number of methoxy groups -OCH3 is 1. The van der Waals surface area contributed by atoms with Crippen molar-refractivity contribution in [3.8, 4) is 11.5 Å². The van der Waals surface area contributed by atoms with Crippen LogP contribution < -0.4 is 19.7 Å². The van der Waals surface area contributed by atoms with E-state index in [4.69, 9.17) is 9.47 Å². The zero-order valence-corrected chi connectivity index (χ0v) is 17.8. The van der Waals surface area contributed by atoms with Crippen molar-refractivity contribution >= 4 is 11.7 Å². The summed E-state index contributed by atoms with van der Waals surface area (Å²) in [5, 5.41) is 2.95. The van der Waals surface area contributed by atoms with Gasteiger partial charge < -0.3 is 19.7 Å². The molecule has 1 N–H and O–H groups in total. The Bertz CT molecular complexity index is 924. The summed E-state index contributed by atoms with van der Waals surface area (Å²) < 4.78 is 49.0. The molecule has 1 amide bonds. The van der Waals surface area contributed by atoms with Gasteiger partial charge in [-0.05, 0) is 49.1 Å². The van der Waals surface area contributed by atoms with E-state index in [0.717, 1.165) is 17.8 Å². The Morgan fingerprint density at radius 2 is 2.00 bits per heavy atom. The van der Waals surface area contributed by atoms with Crippen molar-refractivity contribution in [3.05, 3.63) is 60.3 Å². The molecule has 0 aliphatic carbocycles. The number of aromatic nitrogens is 1. The van der Waals surface area contributed by atoms with E-state index in [1.807, 2.05) is 17.0 Å². The lowest BCUT2D eigenvalue weighted by Gasteiger charge is -2.33. The van der Waals surface area contributed by atoms with Gasteiger partial charge in [0.1, 0.15) is 5.82 Å². The Morgan fingerprint density at radius 3 is 2.59 bits per heavy atom. The van der Waals surface area contributed by atoms with Gasteiger partial charge in [-0.2, -0.15) is 13.2 Å². The highest BCUT2D eigenvalue weighted by atomic mass is 19.4. The van der Waals surface area contributed by atoms with E-state index in [1.165, 1.54) is 6.07 Å². The van der Waals surface area contributed by atoms with Gasteiger partial charge in [-0.1, -0.05) is 12.1 Å². The maximum Gasteiger partial charge on any atom is 0.417 e. The number of piperidine rings is 1. The molecule has 1 saturated heterocycles. The number of hydrogen-bond acceptors (Lipinski definition) is 5. The first-order valence-corrected chi connectivity index (χ1v) is 10.3. The lowest BCUT2D eigenvalue weighted by molar-refractivity contribution is -0.137. The van der Waals surface area contributed by atoms with Gasteiger partial charge in [-0.25, -0.2) is 4.98 Å². The van der Waals surface area contributed by atoms with Crippen LogP contribution in [0.5, 0.6) is 11.5 Å². The molecule has 1 aliphatic rings. The fourth-order valence-corrected chi connectivity index (χ4v) is 3.53. The molecule has 0 unspecified atom stereocenters. The summed E-state index contributed by atoms with van der Waals surface area (Å²) in [6.45, 7) is 4.74. The summed E-state index contributed by atoms with van der Waals surface area (Å²) in [6.07, 6.45) is 0.267. The van der Waals surface area contributed by atoms with E-state index >= 15 is 0 Å². The van der Waals surface area contributed by atoms with Crippen molar-refractivity contribution in [1.82, 2.24) is 10.3 Å². The zero-order chi connectivity index (χ0) is 23.1. The molecule has 1 aromatic heterocycles. The number of carbonyl (C=O) groups excluding carboxylic acids is 1. The summed E-state index contributed by atoms with van der Waals surface area (Å²) in [5.41, 5.74) is 0.262. The number of alkyl halides is 3. The van der Waals surface area contributed by atoms with Crippen molar-refractivity contribution in [2.45, 2.75) is 31.5 Å². The summed E-state index contributed by atoms with van der Waals surface area (Å²) in [7, 11) is 1.54. The molecule has 172 valence electrons. The van der Waals surface area contributed by atoms with Crippen LogP contribution in [-0.4, -0.2) is 43.7 Å². The average molecular weight is 449 g/mol. The standard InChI is InChI=1S/C23H26F3N3O3/c1-3-4-16-5-7-19(20(13-16)31-2)32-15-22(30)28-18-9-11-29(12-10-18)21-8-6-17(14-27-21)23(24,25)26/h3,5-8,13-14,18H,1,4,9-12,15H2,2H3,(H,28,30). The second-order valence-electron chi connectivity index (χ2n) is 7.50. The minimum absolute atomic E-state index is 0.0336. The lowest BCUT2D eigenvalue weighted by Crippen LogP contribution is -2.46. The molecule has 0 atom stereocenters. The van der Waals surface area contributed by atoms with Crippen molar-refractivity contribution in [2.24, 2.45) is 0 Å². The normalized spacial score (nSPS) is 14.7. The van der Waals surface area contributed by atoms with Crippen LogP contribution in [-0.2, 0) is 17.4 Å². The molecule has 3 rings (SSSR count). The SMILES string of the molecule is C=CCc1ccc(OCC(=O)NC2CCN(c3ccc(C(F)(F)F)cn3)CC2)c(OC)c1. The van der Waals surface area contributed by atoms with Crippen LogP contribution in [0.4, 0.5) is 19.0 Å². The second kappa shape index (κ2) is 10.4. The number of allylic oxidation sites excluding steroid dienone is 1. The van der Waals surface area contributed by atoms with E-state index in [2.05, 4.69) is 16.9 Å². The topological polar surface area (TPSA) is 63.7 Å². The van der Waals surface area contributed by atoms with E-state index in [9.17, 15) is 18.0 Å². The number of benzene rings is 1. The second-order valence-corrected chi connectivity index (χ2v) is 7.50. The molecule has 1 aromatic carbocycles. The molecule has 9 heteroatoms. The number of hydrogen-bond donors (Lipinski definition) is 1. The molecule has 0 radical (unpaired) electrons. The Hall–Kier alpha value is -3.23. The van der Waals surface area contributed by atoms with Crippen LogP contribution in [0.3, 0.4) is 0 Å². The monoisotopic (exact) mass is 449 g/mol. The van der Waals surface area contributed by atoms with Gasteiger partial charge in [0.2, 0.25) is 0 Å². The molecule has 0 bridgehead atoms. The number of carbonyl (C=O) groups is 1. The van der Waals surface area contributed by atoms with E-state index < -0.39 is 11.7 Å². The van der Waals surface area contributed by atoms with E-state index in [-0.39, 0.29) is 18.6 Å². The van der Waals surface area contributed by atoms with Crippen LogP contribution in [0, 0.1) is 0 Å². The number of pyridine rings is 1. The third-order valence-electron chi connectivity index (χ3n) is 5.23. The third-order valence-corrected chi connectivity index (χ3v) is 5.23. The highest BCUT2D eigenvalue weighted by Crippen LogP contribution is 2.30. The summed E-state index contributed by atoms with van der Waals surface area (Å²) in [6, 6.07) is 7.88. The smallest absolute Gasteiger partial charge is 0.417 e. The van der Waals surface area contributed by atoms with Crippen LogP contribution in [0.25, 0.3) is 0 Å². The molecule has 0 spiro atoms. The highest BCUT2D eigenvalue weighted by molar-refractivity contribution is 5.78. The molecule has 2 aromatic rings. The summed E-state index contributed by atoms with van der Waals surface area (Å²) in [4.78, 5) is 18.2. The van der Waals surface area contributed by atoms with Crippen LogP contribution in [0.2, 0.25) is 0 Å². The summed E-state index contributed by atoms with van der Waals surface area (Å²) in [5.74, 6) is 1.29. The number of anilines is 1. The minimum Gasteiger partial charge on any atom is -0.493 e. The molecule has 0 saturated carbocycles. The molecular weight excluding hydrogens is 423 g/mol. The van der Waals surface area contributed by atoms with Crippen molar-refractivity contribution < 1.29 is 27.4 Å². The first kappa shape index (κ1) is 23.4. The molecule has 2 heterocycles. The van der Waals surface area contributed by atoms with Crippen molar-refractivity contribution in [1.29, 1.82) is 0 Å². The van der Waals surface area contributed by atoms with Crippen LogP contribution >= 0.6 is 0 Å². The highest BCUT2D eigenvalue weighted by Gasteiger charge is 2.31. The fraction of sp³-hybridized carbons (Fsp3) is 0.391.